The lowest BCUT2D eigenvalue weighted by molar-refractivity contribution is -0.129. The molecule has 0 radical (unpaired) electrons. The topological polar surface area (TPSA) is 60.9 Å². The zero-order chi connectivity index (χ0) is 14.0. The van der Waals surface area contributed by atoms with Gasteiger partial charge >= 0.3 is 0 Å². The van der Waals surface area contributed by atoms with E-state index in [9.17, 15) is 4.79 Å². The van der Waals surface area contributed by atoms with Crippen molar-refractivity contribution in [2.24, 2.45) is 11.1 Å². The molecule has 102 valence electrons. The summed E-state index contributed by atoms with van der Waals surface area (Å²) < 4.78 is 2.04. The van der Waals surface area contributed by atoms with E-state index in [4.69, 9.17) is 5.73 Å². The average molecular weight is 251 g/mol. The summed E-state index contributed by atoms with van der Waals surface area (Å²) >= 11 is 0. The van der Waals surface area contributed by atoms with Gasteiger partial charge in [0.25, 0.3) is 0 Å². The summed E-state index contributed by atoms with van der Waals surface area (Å²) in [6, 6.07) is 0. The van der Waals surface area contributed by atoms with Crippen molar-refractivity contribution in [3.8, 4) is 0 Å². The van der Waals surface area contributed by atoms with Crippen LogP contribution in [-0.4, -0.2) is 20.9 Å². The number of rotatable bonds is 6. The van der Waals surface area contributed by atoms with Crippen LogP contribution in [0.15, 0.2) is 12.4 Å². The van der Waals surface area contributed by atoms with Crippen molar-refractivity contribution < 1.29 is 4.79 Å². The third-order valence-corrected chi connectivity index (χ3v) is 3.89. The second-order valence-corrected chi connectivity index (χ2v) is 5.98. The van der Waals surface area contributed by atoms with E-state index >= 15 is 0 Å². The number of aromatic nitrogens is 2. The van der Waals surface area contributed by atoms with Crippen LogP contribution in [0.3, 0.4) is 0 Å². The lowest BCUT2D eigenvalue weighted by Gasteiger charge is -2.37. The van der Waals surface area contributed by atoms with Crippen LogP contribution in [0, 0.1) is 5.41 Å². The zero-order valence-corrected chi connectivity index (χ0v) is 12.2. The lowest BCUT2D eigenvalue weighted by Crippen LogP contribution is -2.52. The number of hydrogen-bond donors (Lipinski definition) is 1. The Balaban J connectivity index is 2.85. The van der Waals surface area contributed by atoms with Gasteiger partial charge in [0.15, 0.2) is 0 Å². The fourth-order valence-corrected chi connectivity index (χ4v) is 1.68. The fourth-order valence-electron chi connectivity index (χ4n) is 1.68. The van der Waals surface area contributed by atoms with E-state index in [0.717, 1.165) is 18.8 Å². The highest BCUT2D eigenvalue weighted by Gasteiger charge is 2.40. The summed E-state index contributed by atoms with van der Waals surface area (Å²) in [5.74, 6) is 0.970. The molecule has 4 nitrogen and oxygen atoms in total. The molecule has 1 rings (SSSR count). The standard InChI is InChI=1S/C14H25N3O/c1-6-8-17-9-7-16-12(17)10-11(18)13(2,3)14(4,5)15/h7,9H,6,8,10,15H2,1-5H3. The van der Waals surface area contributed by atoms with Crippen LogP contribution in [0.4, 0.5) is 0 Å². The first-order valence-corrected chi connectivity index (χ1v) is 6.52. The molecule has 0 atom stereocenters. The van der Waals surface area contributed by atoms with E-state index in [2.05, 4.69) is 11.9 Å². The van der Waals surface area contributed by atoms with E-state index in [1.54, 1.807) is 6.20 Å². The fraction of sp³-hybridized carbons (Fsp3) is 0.714. The quantitative estimate of drug-likeness (QED) is 0.843. The molecule has 2 N–H and O–H groups in total. The molecular formula is C14H25N3O. The van der Waals surface area contributed by atoms with Gasteiger partial charge in [0.2, 0.25) is 0 Å². The SMILES string of the molecule is CCCn1ccnc1CC(=O)C(C)(C)C(C)(C)N. The minimum absolute atomic E-state index is 0.138. The molecule has 0 aromatic carbocycles. The van der Waals surface area contributed by atoms with Gasteiger partial charge in [-0.3, -0.25) is 4.79 Å². The Labute approximate surface area is 110 Å². The molecule has 0 bridgehead atoms. The van der Waals surface area contributed by atoms with Gasteiger partial charge in [0, 0.05) is 29.9 Å². The number of carbonyl (C=O) groups excluding carboxylic acids is 1. The Morgan fingerprint density at radius 2 is 2.00 bits per heavy atom. The molecule has 0 saturated carbocycles. The third-order valence-electron chi connectivity index (χ3n) is 3.89. The molecule has 0 spiro atoms. The molecule has 0 aliphatic carbocycles. The van der Waals surface area contributed by atoms with Gasteiger partial charge in [0.05, 0.1) is 6.42 Å². The molecule has 18 heavy (non-hydrogen) atoms. The van der Waals surface area contributed by atoms with Crippen LogP contribution in [0.1, 0.15) is 46.9 Å². The van der Waals surface area contributed by atoms with Crippen molar-refractivity contribution in [1.29, 1.82) is 0 Å². The van der Waals surface area contributed by atoms with Gasteiger partial charge in [-0.1, -0.05) is 20.8 Å². The summed E-state index contributed by atoms with van der Waals surface area (Å²) in [5.41, 5.74) is 5.00. The molecule has 0 amide bonds. The number of ketones is 1. The Morgan fingerprint density at radius 1 is 1.39 bits per heavy atom. The molecule has 1 aromatic heterocycles. The maximum absolute atomic E-state index is 12.4. The first-order valence-electron chi connectivity index (χ1n) is 6.52. The molecule has 0 fully saturated rings. The minimum Gasteiger partial charge on any atom is -0.335 e. The number of imidazole rings is 1. The number of hydrogen-bond acceptors (Lipinski definition) is 3. The smallest absolute Gasteiger partial charge is 0.147 e. The number of nitrogens with two attached hydrogens (primary N) is 1. The van der Waals surface area contributed by atoms with E-state index in [1.807, 2.05) is 38.5 Å². The highest BCUT2D eigenvalue weighted by Crippen LogP contribution is 2.30. The number of aryl methyl sites for hydroxylation is 1. The van der Waals surface area contributed by atoms with E-state index in [1.165, 1.54) is 0 Å². The predicted molar refractivity (Wildman–Crippen MR) is 73.3 cm³/mol. The minimum atomic E-state index is -0.560. The zero-order valence-electron chi connectivity index (χ0n) is 12.2. The molecule has 1 heterocycles. The van der Waals surface area contributed by atoms with Gasteiger partial charge < -0.3 is 10.3 Å². The van der Waals surface area contributed by atoms with Crippen LogP contribution in [0.2, 0.25) is 0 Å². The normalized spacial score (nSPS) is 12.8. The van der Waals surface area contributed by atoms with Crippen molar-refractivity contribution >= 4 is 5.78 Å². The second kappa shape index (κ2) is 5.22. The lowest BCUT2D eigenvalue weighted by atomic mass is 9.71. The van der Waals surface area contributed by atoms with Crippen LogP contribution in [-0.2, 0) is 17.8 Å². The number of nitrogens with zero attached hydrogens (tertiary/aromatic N) is 2. The van der Waals surface area contributed by atoms with E-state index in [0.29, 0.717) is 6.42 Å². The van der Waals surface area contributed by atoms with Gasteiger partial charge in [-0.15, -0.1) is 0 Å². The Morgan fingerprint density at radius 3 is 2.50 bits per heavy atom. The summed E-state index contributed by atoms with van der Waals surface area (Å²) in [4.78, 5) is 16.7. The summed E-state index contributed by atoms with van der Waals surface area (Å²) in [6.45, 7) is 10.6. The molecule has 0 saturated heterocycles. The molecular weight excluding hydrogens is 226 g/mol. The highest BCUT2D eigenvalue weighted by molar-refractivity contribution is 5.86. The van der Waals surface area contributed by atoms with Crippen molar-refractivity contribution in [2.75, 3.05) is 0 Å². The molecule has 0 aliphatic heterocycles. The molecule has 4 heteroatoms. The van der Waals surface area contributed by atoms with Gasteiger partial charge in [-0.25, -0.2) is 4.98 Å². The largest absolute Gasteiger partial charge is 0.335 e. The van der Waals surface area contributed by atoms with Crippen LogP contribution in [0.25, 0.3) is 0 Å². The maximum atomic E-state index is 12.4. The average Bonchev–Trinajstić information content (AvgIpc) is 2.64. The first kappa shape index (κ1) is 14.9. The number of carbonyl (C=O) groups is 1. The summed E-state index contributed by atoms with van der Waals surface area (Å²) in [6.07, 6.45) is 5.05. The predicted octanol–water partition coefficient (Wildman–Crippen LogP) is 2.17. The summed E-state index contributed by atoms with van der Waals surface area (Å²) in [7, 11) is 0. The maximum Gasteiger partial charge on any atom is 0.147 e. The Bertz CT molecular complexity index is 413. The van der Waals surface area contributed by atoms with Crippen molar-refractivity contribution in [2.45, 2.75) is 59.5 Å². The van der Waals surface area contributed by atoms with Crippen LogP contribution >= 0.6 is 0 Å². The van der Waals surface area contributed by atoms with Crippen LogP contribution in [0.5, 0.6) is 0 Å². The van der Waals surface area contributed by atoms with Gasteiger partial charge in [0.1, 0.15) is 11.6 Å². The van der Waals surface area contributed by atoms with Crippen LogP contribution < -0.4 is 5.73 Å². The molecule has 1 aromatic rings. The first-order chi connectivity index (χ1) is 8.20. The van der Waals surface area contributed by atoms with E-state index in [-0.39, 0.29) is 5.78 Å². The molecule has 0 aliphatic rings. The third kappa shape index (κ3) is 2.99. The van der Waals surface area contributed by atoms with Gasteiger partial charge in [-0.05, 0) is 20.3 Å². The van der Waals surface area contributed by atoms with E-state index < -0.39 is 11.0 Å². The monoisotopic (exact) mass is 251 g/mol. The molecule has 0 unspecified atom stereocenters. The second-order valence-electron chi connectivity index (χ2n) is 5.98. The number of Topliss-reactive ketones (excluding diaryl/α,β-unsaturated/α-hetero) is 1. The van der Waals surface area contributed by atoms with Crippen molar-refractivity contribution in [3.05, 3.63) is 18.2 Å². The van der Waals surface area contributed by atoms with Crippen molar-refractivity contribution in [1.82, 2.24) is 9.55 Å². The summed E-state index contributed by atoms with van der Waals surface area (Å²) in [5, 5.41) is 0. The van der Waals surface area contributed by atoms with Gasteiger partial charge in [-0.2, -0.15) is 0 Å². The Kier molecular flexibility index (Phi) is 4.32. The highest BCUT2D eigenvalue weighted by atomic mass is 16.1. The Hall–Kier alpha value is -1.16. The van der Waals surface area contributed by atoms with Crippen molar-refractivity contribution in [3.63, 3.8) is 0 Å².